The van der Waals surface area contributed by atoms with E-state index in [-0.39, 0.29) is 17.4 Å². The van der Waals surface area contributed by atoms with Crippen molar-refractivity contribution >= 4 is 11.6 Å². The zero-order valence-electron chi connectivity index (χ0n) is 14.6. The number of carbonyl (C=O) groups is 1. The lowest BCUT2D eigenvalue weighted by atomic mass is 9.87. The SMILES string of the molecule is CCCNc1ccc(C)cc1C(=O)N(C)C(C)C(C)(C)C. The zero-order chi connectivity index (χ0) is 16.2. The summed E-state index contributed by atoms with van der Waals surface area (Å²) in [6.45, 7) is 13.6. The third-order valence-electron chi connectivity index (χ3n) is 4.13. The lowest BCUT2D eigenvalue weighted by Gasteiger charge is -2.35. The molecule has 0 saturated heterocycles. The summed E-state index contributed by atoms with van der Waals surface area (Å²) < 4.78 is 0. The summed E-state index contributed by atoms with van der Waals surface area (Å²) in [6.07, 6.45) is 1.04. The van der Waals surface area contributed by atoms with Crippen molar-refractivity contribution in [2.24, 2.45) is 5.41 Å². The molecule has 1 N–H and O–H groups in total. The van der Waals surface area contributed by atoms with Crippen molar-refractivity contribution in [1.29, 1.82) is 0 Å². The van der Waals surface area contributed by atoms with Crippen LogP contribution in [0.1, 0.15) is 57.0 Å². The molecule has 1 atom stereocenters. The van der Waals surface area contributed by atoms with Crippen molar-refractivity contribution in [2.75, 3.05) is 18.9 Å². The fraction of sp³-hybridized carbons (Fsp3) is 0.611. The third kappa shape index (κ3) is 4.48. The highest BCUT2D eigenvalue weighted by molar-refractivity contribution is 5.99. The van der Waals surface area contributed by atoms with E-state index >= 15 is 0 Å². The smallest absolute Gasteiger partial charge is 0.255 e. The largest absolute Gasteiger partial charge is 0.384 e. The molecule has 3 heteroatoms. The summed E-state index contributed by atoms with van der Waals surface area (Å²) in [6, 6.07) is 6.20. The number of rotatable bonds is 5. The van der Waals surface area contributed by atoms with Crippen LogP contribution in [0.3, 0.4) is 0 Å². The van der Waals surface area contributed by atoms with Crippen molar-refractivity contribution in [1.82, 2.24) is 4.90 Å². The van der Waals surface area contributed by atoms with Crippen LogP contribution in [0.5, 0.6) is 0 Å². The van der Waals surface area contributed by atoms with Gasteiger partial charge in [0, 0.05) is 25.3 Å². The third-order valence-corrected chi connectivity index (χ3v) is 4.13. The van der Waals surface area contributed by atoms with E-state index in [0.717, 1.165) is 29.8 Å². The van der Waals surface area contributed by atoms with Crippen LogP contribution in [-0.4, -0.2) is 30.4 Å². The maximum Gasteiger partial charge on any atom is 0.255 e. The minimum absolute atomic E-state index is 0.0608. The van der Waals surface area contributed by atoms with Crippen LogP contribution in [-0.2, 0) is 0 Å². The average Bonchev–Trinajstić information content (AvgIpc) is 2.42. The van der Waals surface area contributed by atoms with Crippen molar-refractivity contribution < 1.29 is 4.79 Å². The average molecular weight is 290 g/mol. The Kier molecular flexibility index (Phi) is 5.82. The van der Waals surface area contributed by atoms with Gasteiger partial charge in [-0.1, -0.05) is 39.3 Å². The molecule has 1 amide bonds. The minimum atomic E-state index is 0.0608. The molecule has 0 radical (unpaired) electrons. The van der Waals surface area contributed by atoms with Crippen LogP contribution in [0.2, 0.25) is 0 Å². The molecule has 3 nitrogen and oxygen atoms in total. The molecule has 0 bridgehead atoms. The van der Waals surface area contributed by atoms with Crippen LogP contribution in [0.15, 0.2) is 18.2 Å². The summed E-state index contributed by atoms with van der Waals surface area (Å²) >= 11 is 0. The van der Waals surface area contributed by atoms with Gasteiger partial charge in [0.1, 0.15) is 0 Å². The van der Waals surface area contributed by atoms with Crippen molar-refractivity contribution in [3.05, 3.63) is 29.3 Å². The van der Waals surface area contributed by atoms with Crippen molar-refractivity contribution in [3.63, 3.8) is 0 Å². The summed E-state index contributed by atoms with van der Waals surface area (Å²) in [7, 11) is 1.89. The predicted octanol–water partition coefficient (Wildman–Crippen LogP) is 4.32. The Hall–Kier alpha value is -1.51. The van der Waals surface area contributed by atoms with E-state index in [0.29, 0.717) is 0 Å². The molecule has 118 valence electrons. The molecule has 0 heterocycles. The second-order valence-corrected chi connectivity index (χ2v) is 6.93. The first kappa shape index (κ1) is 17.5. The standard InChI is InChI=1S/C18H30N2O/c1-8-11-19-16-10-9-13(2)12-15(16)17(21)20(7)14(3)18(4,5)6/h9-10,12,14,19H,8,11H2,1-7H3. The first-order chi connectivity index (χ1) is 9.68. The Bertz CT molecular complexity index is 488. The highest BCUT2D eigenvalue weighted by atomic mass is 16.2. The highest BCUT2D eigenvalue weighted by Gasteiger charge is 2.28. The molecule has 1 rings (SSSR count). The van der Waals surface area contributed by atoms with Crippen LogP contribution >= 0.6 is 0 Å². The Morgan fingerprint density at radius 2 is 1.95 bits per heavy atom. The van der Waals surface area contributed by atoms with E-state index in [2.05, 4.69) is 39.9 Å². The summed E-state index contributed by atoms with van der Waals surface area (Å²) in [5.74, 6) is 0.0831. The Labute approximate surface area is 129 Å². The van der Waals surface area contributed by atoms with Gasteiger partial charge in [-0.3, -0.25) is 4.79 Å². The molecule has 21 heavy (non-hydrogen) atoms. The summed E-state index contributed by atoms with van der Waals surface area (Å²) in [5.41, 5.74) is 2.87. The van der Waals surface area contributed by atoms with E-state index in [1.807, 2.05) is 37.1 Å². The lowest BCUT2D eigenvalue weighted by molar-refractivity contribution is 0.0630. The number of aryl methyl sites for hydroxylation is 1. The Balaban J connectivity index is 3.08. The number of benzene rings is 1. The molecule has 0 aliphatic rings. The van der Waals surface area contributed by atoms with Crippen LogP contribution in [0.4, 0.5) is 5.69 Å². The van der Waals surface area contributed by atoms with Crippen LogP contribution in [0.25, 0.3) is 0 Å². The summed E-state index contributed by atoms with van der Waals surface area (Å²) in [4.78, 5) is 14.7. The van der Waals surface area contributed by atoms with Gasteiger partial charge in [0.15, 0.2) is 0 Å². The zero-order valence-corrected chi connectivity index (χ0v) is 14.6. The molecule has 1 aromatic carbocycles. The Morgan fingerprint density at radius 3 is 2.48 bits per heavy atom. The monoisotopic (exact) mass is 290 g/mol. The van der Waals surface area contributed by atoms with Gasteiger partial charge in [0.2, 0.25) is 0 Å². The number of nitrogens with zero attached hydrogens (tertiary/aromatic N) is 1. The van der Waals surface area contributed by atoms with Gasteiger partial charge < -0.3 is 10.2 Å². The van der Waals surface area contributed by atoms with E-state index in [1.165, 1.54) is 0 Å². The number of amides is 1. The molecular formula is C18H30N2O. The predicted molar refractivity (Wildman–Crippen MR) is 91.0 cm³/mol. The summed E-state index contributed by atoms with van der Waals surface area (Å²) in [5, 5.41) is 3.36. The van der Waals surface area contributed by atoms with Crippen molar-refractivity contribution in [3.8, 4) is 0 Å². The number of nitrogens with one attached hydrogen (secondary N) is 1. The second-order valence-electron chi connectivity index (χ2n) is 6.93. The molecule has 0 aliphatic carbocycles. The van der Waals surface area contributed by atoms with Crippen LogP contribution in [0, 0.1) is 12.3 Å². The molecular weight excluding hydrogens is 260 g/mol. The van der Waals surface area contributed by atoms with Gasteiger partial charge in [0.25, 0.3) is 5.91 Å². The van der Waals surface area contributed by atoms with Gasteiger partial charge in [0.05, 0.1) is 5.56 Å². The normalized spacial score (nSPS) is 12.9. The van der Waals surface area contributed by atoms with Gasteiger partial charge in [-0.15, -0.1) is 0 Å². The quantitative estimate of drug-likeness (QED) is 0.875. The highest BCUT2D eigenvalue weighted by Crippen LogP contribution is 2.26. The van der Waals surface area contributed by atoms with Gasteiger partial charge in [-0.05, 0) is 37.8 Å². The topological polar surface area (TPSA) is 32.3 Å². The number of hydrogen-bond acceptors (Lipinski definition) is 2. The molecule has 1 unspecified atom stereocenters. The molecule has 1 aromatic rings. The molecule has 0 saturated carbocycles. The molecule has 0 spiro atoms. The maximum absolute atomic E-state index is 12.9. The molecule has 0 aromatic heterocycles. The minimum Gasteiger partial charge on any atom is -0.384 e. The first-order valence-electron chi connectivity index (χ1n) is 7.80. The van der Waals surface area contributed by atoms with Crippen molar-refractivity contribution in [2.45, 2.75) is 54.0 Å². The molecule has 0 fully saturated rings. The maximum atomic E-state index is 12.9. The fourth-order valence-electron chi connectivity index (χ4n) is 2.20. The number of carbonyl (C=O) groups excluding carboxylic acids is 1. The van der Waals surface area contributed by atoms with E-state index in [1.54, 1.807) is 0 Å². The van der Waals surface area contributed by atoms with Gasteiger partial charge >= 0.3 is 0 Å². The number of hydrogen-bond donors (Lipinski definition) is 1. The lowest BCUT2D eigenvalue weighted by Crippen LogP contribution is -2.43. The second kappa shape index (κ2) is 6.97. The van der Waals surface area contributed by atoms with Crippen LogP contribution < -0.4 is 5.32 Å². The molecule has 0 aliphatic heterocycles. The number of anilines is 1. The van der Waals surface area contributed by atoms with E-state index < -0.39 is 0 Å². The van der Waals surface area contributed by atoms with E-state index in [9.17, 15) is 4.79 Å². The Morgan fingerprint density at radius 1 is 1.33 bits per heavy atom. The first-order valence-corrected chi connectivity index (χ1v) is 7.80. The van der Waals surface area contributed by atoms with E-state index in [4.69, 9.17) is 0 Å². The van der Waals surface area contributed by atoms with Gasteiger partial charge in [-0.2, -0.15) is 0 Å². The fourth-order valence-corrected chi connectivity index (χ4v) is 2.20. The van der Waals surface area contributed by atoms with Gasteiger partial charge in [-0.25, -0.2) is 0 Å².